The van der Waals surface area contributed by atoms with E-state index in [1.807, 2.05) is 13.8 Å². The van der Waals surface area contributed by atoms with Crippen molar-refractivity contribution in [3.63, 3.8) is 0 Å². The lowest BCUT2D eigenvalue weighted by Gasteiger charge is -2.14. The summed E-state index contributed by atoms with van der Waals surface area (Å²) in [6, 6.07) is 3.33. The van der Waals surface area contributed by atoms with Gasteiger partial charge in [-0.05, 0) is 25.0 Å². The summed E-state index contributed by atoms with van der Waals surface area (Å²) in [5.74, 6) is 0.411. The number of imide groups is 1. The second kappa shape index (κ2) is 15.2. The van der Waals surface area contributed by atoms with Gasteiger partial charge in [0.2, 0.25) is 5.91 Å². The second-order valence-corrected chi connectivity index (χ2v) is 8.62. The third kappa shape index (κ3) is 10.6. The lowest BCUT2D eigenvalue weighted by Crippen LogP contribution is -2.36. The maximum Gasteiger partial charge on any atom is 0.413 e. The van der Waals surface area contributed by atoms with E-state index in [4.69, 9.17) is 9.47 Å². The first-order valence-corrected chi connectivity index (χ1v) is 11.9. The van der Waals surface area contributed by atoms with Crippen LogP contribution in [0.4, 0.5) is 4.79 Å². The number of amides is 2. The summed E-state index contributed by atoms with van der Waals surface area (Å²) in [7, 11) is 3.03. The van der Waals surface area contributed by atoms with Gasteiger partial charge in [-0.3, -0.25) is 15.1 Å². The lowest BCUT2D eigenvalue weighted by atomic mass is 9.97. The van der Waals surface area contributed by atoms with E-state index in [2.05, 4.69) is 10.3 Å². The van der Waals surface area contributed by atoms with E-state index in [0.717, 1.165) is 25.7 Å². The molecule has 1 aromatic heterocycles. The number of carbonyl (C=O) groups is 3. The number of ether oxygens (including phenoxy) is 2. The molecule has 0 spiro atoms. The van der Waals surface area contributed by atoms with Crippen LogP contribution in [0.25, 0.3) is 0 Å². The van der Waals surface area contributed by atoms with Gasteiger partial charge in [-0.1, -0.05) is 48.3 Å². The van der Waals surface area contributed by atoms with E-state index >= 15 is 0 Å². The molecule has 0 bridgehead atoms. The number of esters is 1. The summed E-state index contributed by atoms with van der Waals surface area (Å²) < 4.78 is 10.2. The predicted molar refractivity (Wildman–Crippen MR) is 112 cm³/mol. The van der Waals surface area contributed by atoms with Crippen LogP contribution < -0.4 is 5.32 Å². The smallest absolute Gasteiger partial charge is 0.413 e. The molecule has 0 aliphatic heterocycles. The number of pyridine rings is 1. The summed E-state index contributed by atoms with van der Waals surface area (Å²) in [5, 5.41) is 2.31. The van der Waals surface area contributed by atoms with E-state index in [1.54, 1.807) is 18.3 Å². The van der Waals surface area contributed by atoms with Crippen molar-refractivity contribution in [2.75, 3.05) is 24.7 Å². The van der Waals surface area contributed by atoms with E-state index in [0.29, 0.717) is 17.1 Å². The van der Waals surface area contributed by atoms with E-state index in [1.165, 1.54) is 27.8 Å². The van der Waals surface area contributed by atoms with Crippen molar-refractivity contribution in [3.05, 3.63) is 30.1 Å². The molecule has 0 aromatic carbocycles. The van der Waals surface area contributed by atoms with Crippen molar-refractivity contribution >= 4 is 39.6 Å². The molecule has 2 amide bonds. The molecule has 0 atom stereocenters. The molecular formula is C19H28N2O5S2. The van der Waals surface area contributed by atoms with Crippen molar-refractivity contribution in [2.24, 2.45) is 5.92 Å². The first-order chi connectivity index (χ1) is 13.6. The third-order valence-corrected chi connectivity index (χ3v) is 5.98. The molecule has 0 fully saturated rings. The number of hydrogen-bond acceptors (Lipinski definition) is 8. The molecule has 0 saturated heterocycles. The highest BCUT2D eigenvalue weighted by molar-refractivity contribution is 8.76. The summed E-state index contributed by atoms with van der Waals surface area (Å²) in [6.07, 6.45) is 5.70. The van der Waals surface area contributed by atoms with Gasteiger partial charge in [0.15, 0.2) is 0 Å². The number of carbonyl (C=O) groups excluding carboxylic acids is 3. The van der Waals surface area contributed by atoms with Crippen molar-refractivity contribution in [1.29, 1.82) is 0 Å². The Morgan fingerprint density at radius 2 is 1.71 bits per heavy atom. The molecule has 156 valence electrons. The Bertz CT molecular complexity index is 595. The van der Waals surface area contributed by atoms with Crippen LogP contribution in [0.3, 0.4) is 0 Å². The first-order valence-electron chi connectivity index (χ1n) is 9.37. The molecule has 0 aliphatic carbocycles. The van der Waals surface area contributed by atoms with Crippen molar-refractivity contribution < 1.29 is 23.9 Å². The standard InChI is InChI=1S/C19H28N2O5S2/c1-3-6-15(7-4-2)17(22)21-19(24)26-11-13-28-27-12-10-25-18(23)16-8-5-9-20-14-16/h5,8-9,14-15H,3-4,6-7,10-13H2,1-2H3,(H,21,22,24). The van der Waals surface area contributed by atoms with Crippen LogP contribution in [-0.2, 0) is 14.3 Å². The fraction of sp³-hybridized carbons (Fsp3) is 0.579. The fourth-order valence-corrected chi connectivity index (χ4v) is 4.02. The van der Waals surface area contributed by atoms with E-state index in [9.17, 15) is 14.4 Å². The van der Waals surface area contributed by atoms with Crippen LogP contribution in [0.5, 0.6) is 0 Å². The molecule has 1 heterocycles. The molecule has 0 unspecified atom stereocenters. The molecule has 1 rings (SSSR count). The maximum atomic E-state index is 12.0. The number of rotatable bonds is 13. The van der Waals surface area contributed by atoms with Gasteiger partial charge in [0, 0.05) is 29.8 Å². The van der Waals surface area contributed by atoms with Crippen LogP contribution in [-0.4, -0.2) is 47.7 Å². The minimum absolute atomic E-state index is 0.137. The van der Waals surface area contributed by atoms with Crippen LogP contribution in [0.1, 0.15) is 49.9 Å². The van der Waals surface area contributed by atoms with Gasteiger partial charge in [0.25, 0.3) is 0 Å². The zero-order valence-corrected chi connectivity index (χ0v) is 18.0. The highest BCUT2D eigenvalue weighted by atomic mass is 33.1. The second-order valence-electron chi connectivity index (χ2n) is 5.92. The summed E-state index contributed by atoms with van der Waals surface area (Å²) in [6.45, 7) is 4.53. The van der Waals surface area contributed by atoms with Gasteiger partial charge < -0.3 is 9.47 Å². The van der Waals surface area contributed by atoms with Crippen LogP contribution in [0.15, 0.2) is 24.5 Å². The molecule has 1 N–H and O–H groups in total. The Morgan fingerprint density at radius 3 is 2.29 bits per heavy atom. The molecule has 0 radical (unpaired) electrons. The molecule has 9 heteroatoms. The average Bonchev–Trinajstić information content (AvgIpc) is 2.70. The lowest BCUT2D eigenvalue weighted by molar-refractivity contribution is -0.124. The van der Waals surface area contributed by atoms with Crippen molar-refractivity contribution in [3.8, 4) is 0 Å². The number of alkyl carbamates (subject to hydrolysis) is 1. The number of hydrogen-bond donors (Lipinski definition) is 1. The molecular weight excluding hydrogens is 400 g/mol. The van der Waals surface area contributed by atoms with E-state index in [-0.39, 0.29) is 25.0 Å². The predicted octanol–water partition coefficient (Wildman–Crippen LogP) is 4.09. The molecule has 1 aromatic rings. The van der Waals surface area contributed by atoms with Gasteiger partial charge >= 0.3 is 12.1 Å². The van der Waals surface area contributed by atoms with Crippen LogP contribution >= 0.6 is 21.6 Å². The van der Waals surface area contributed by atoms with E-state index < -0.39 is 12.1 Å². The molecule has 0 aliphatic rings. The fourth-order valence-electron chi connectivity index (χ4n) is 2.36. The Morgan fingerprint density at radius 1 is 1.07 bits per heavy atom. The average molecular weight is 429 g/mol. The Labute approximate surface area is 174 Å². The monoisotopic (exact) mass is 428 g/mol. The van der Waals surface area contributed by atoms with Crippen LogP contribution in [0, 0.1) is 5.92 Å². The first kappa shape index (κ1) is 24.3. The summed E-state index contributed by atoms with van der Waals surface area (Å²) >= 11 is 0. The highest BCUT2D eigenvalue weighted by Gasteiger charge is 2.19. The minimum Gasteiger partial charge on any atom is -0.461 e. The molecule has 0 saturated carbocycles. The number of aromatic nitrogens is 1. The van der Waals surface area contributed by atoms with Gasteiger partial charge in [0.05, 0.1) is 5.56 Å². The van der Waals surface area contributed by atoms with Crippen LogP contribution in [0.2, 0.25) is 0 Å². The Balaban J connectivity index is 2.05. The van der Waals surface area contributed by atoms with Crippen molar-refractivity contribution in [2.45, 2.75) is 39.5 Å². The quantitative estimate of drug-likeness (QED) is 0.285. The zero-order valence-electron chi connectivity index (χ0n) is 16.3. The third-order valence-electron chi connectivity index (χ3n) is 3.65. The molecule has 28 heavy (non-hydrogen) atoms. The Kier molecular flexibility index (Phi) is 13.2. The zero-order chi connectivity index (χ0) is 20.6. The topological polar surface area (TPSA) is 94.6 Å². The summed E-state index contributed by atoms with van der Waals surface area (Å²) in [5.41, 5.74) is 0.425. The largest absolute Gasteiger partial charge is 0.461 e. The van der Waals surface area contributed by atoms with Gasteiger partial charge in [-0.15, -0.1) is 0 Å². The SMILES string of the molecule is CCCC(CCC)C(=O)NC(=O)OCCSSCCOC(=O)c1cccnc1. The maximum absolute atomic E-state index is 12.0. The molecule has 7 nitrogen and oxygen atoms in total. The number of nitrogens with zero attached hydrogens (tertiary/aromatic N) is 1. The van der Waals surface area contributed by atoms with Gasteiger partial charge in [-0.2, -0.15) is 0 Å². The Hall–Kier alpha value is -1.74. The van der Waals surface area contributed by atoms with Gasteiger partial charge in [0.1, 0.15) is 13.2 Å². The normalized spacial score (nSPS) is 10.5. The summed E-state index contributed by atoms with van der Waals surface area (Å²) in [4.78, 5) is 39.3. The highest BCUT2D eigenvalue weighted by Crippen LogP contribution is 2.20. The minimum atomic E-state index is -0.696. The van der Waals surface area contributed by atoms with Crippen molar-refractivity contribution in [1.82, 2.24) is 10.3 Å². The number of nitrogens with one attached hydrogen (secondary N) is 1. The van der Waals surface area contributed by atoms with Gasteiger partial charge in [-0.25, -0.2) is 9.59 Å².